The molecule has 1 aromatic rings. The Kier molecular flexibility index (Phi) is 5.06. The minimum atomic E-state index is -2.70. The Labute approximate surface area is 146 Å². The summed E-state index contributed by atoms with van der Waals surface area (Å²) in [5.74, 6) is -2.74. The maximum absolute atomic E-state index is 12.8. The van der Waals surface area contributed by atoms with Crippen LogP contribution in [0.3, 0.4) is 0 Å². The van der Waals surface area contributed by atoms with Gasteiger partial charge < -0.3 is 9.74 Å². The molecule has 1 spiro atoms. The molecule has 4 nitrogen and oxygen atoms in total. The first-order chi connectivity index (χ1) is 11.9. The molecule has 1 amide bonds. The standard InChI is InChI=1S/C19H24F2N2O2/c1-18(20,21)9-5-8-17(24)23-12-10-19(11-13-23)14-16(22-25-19)15-6-3-2-4-7-15/h2-4,6-7H,5,8-14H2,1H3. The summed E-state index contributed by atoms with van der Waals surface area (Å²) in [6.45, 7) is 2.09. The zero-order chi connectivity index (χ0) is 17.9. The quantitative estimate of drug-likeness (QED) is 0.805. The number of rotatable bonds is 5. The SMILES string of the molecule is CC(F)(F)CCCC(=O)N1CCC2(CC1)CC(c1ccccc1)=NO2. The highest BCUT2D eigenvalue weighted by Gasteiger charge is 2.43. The molecule has 0 bridgehead atoms. The van der Waals surface area contributed by atoms with Crippen LogP contribution in [-0.4, -0.2) is 41.1 Å². The Morgan fingerprint density at radius 2 is 1.96 bits per heavy atom. The van der Waals surface area contributed by atoms with Gasteiger partial charge in [0.15, 0.2) is 0 Å². The van der Waals surface area contributed by atoms with E-state index in [4.69, 9.17) is 4.84 Å². The second kappa shape index (κ2) is 7.10. The molecule has 0 radical (unpaired) electrons. The van der Waals surface area contributed by atoms with E-state index >= 15 is 0 Å². The smallest absolute Gasteiger partial charge is 0.245 e. The Morgan fingerprint density at radius 1 is 1.28 bits per heavy atom. The van der Waals surface area contributed by atoms with Crippen molar-refractivity contribution in [3.8, 4) is 0 Å². The predicted molar refractivity (Wildman–Crippen MR) is 91.7 cm³/mol. The van der Waals surface area contributed by atoms with Crippen molar-refractivity contribution in [1.82, 2.24) is 4.90 Å². The average molecular weight is 350 g/mol. The molecule has 0 unspecified atom stereocenters. The molecule has 25 heavy (non-hydrogen) atoms. The molecule has 0 aromatic heterocycles. The summed E-state index contributed by atoms with van der Waals surface area (Å²) >= 11 is 0. The van der Waals surface area contributed by atoms with Crippen molar-refractivity contribution in [2.75, 3.05) is 13.1 Å². The molecule has 1 saturated heterocycles. The van der Waals surface area contributed by atoms with E-state index in [1.165, 1.54) is 0 Å². The fourth-order valence-electron chi connectivity index (χ4n) is 3.45. The summed E-state index contributed by atoms with van der Waals surface area (Å²) < 4.78 is 25.7. The van der Waals surface area contributed by atoms with E-state index in [2.05, 4.69) is 5.16 Å². The minimum Gasteiger partial charge on any atom is -0.388 e. The van der Waals surface area contributed by atoms with Gasteiger partial charge in [-0.05, 0) is 18.9 Å². The van der Waals surface area contributed by atoms with Crippen molar-refractivity contribution >= 4 is 11.6 Å². The van der Waals surface area contributed by atoms with Gasteiger partial charge in [0.25, 0.3) is 0 Å². The fourth-order valence-corrected chi connectivity index (χ4v) is 3.45. The summed E-state index contributed by atoms with van der Waals surface area (Å²) in [4.78, 5) is 19.7. The molecule has 0 aliphatic carbocycles. The Hall–Kier alpha value is -1.98. The average Bonchev–Trinajstić information content (AvgIpc) is 2.99. The molecule has 1 fully saturated rings. The van der Waals surface area contributed by atoms with E-state index in [9.17, 15) is 13.6 Å². The number of hydrogen-bond donors (Lipinski definition) is 0. The lowest BCUT2D eigenvalue weighted by Crippen LogP contribution is -2.46. The van der Waals surface area contributed by atoms with Crippen LogP contribution in [0, 0.1) is 0 Å². The normalized spacial score (nSPS) is 19.6. The summed E-state index contributed by atoms with van der Waals surface area (Å²) in [6.07, 6.45) is 2.37. The molecule has 2 aliphatic heterocycles. The Balaban J connectivity index is 1.47. The number of nitrogens with zero attached hydrogens (tertiary/aromatic N) is 2. The number of piperidine rings is 1. The largest absolute Gasteiger partial charge is 0.388 e. The predicted octanol–water partition coefficient (Wildman–Crippen LogP) is 4.00. The van der Waals surface area contributed by atoms with Gasteiger partial charge in [-0.15, -0.1) is 0 Å². The Morgan fingerprint density at radius 3 is 2.60 bits per heavy atom. The van der Waals surface area contributed by atoms with Gasteiger partial charge in [0, 0.05) is 45.2 Å². The topological polar surface area (TPSA) is 41.9 Å². The lowest BCUT2D eigenvalue weighted by Gasteiger charge is -2.37. The van der Waals surface area contributed by atoms with Crippen molar-refractivity contribution in [2.24, 2.45) is 5.16 Å². The highest BCUT2D eigenvalue weighted by Crippen LogP contribution is 2.36. The van der Waals surface area contributed by atoms with E-state index in [0.29, 0.717) is 13.1 Å². The fraction of sp³-hybridized carbons (Fsp3) is 0.579. The number of alkyl halides is 2. The van der Waals surface area contributed by atoms with Crippen molar-refractivity contribution in [1.29, 1.82) is 0 Å². The van der Waals surface area contributed by atoms with Gasteiger partial charge in [0.1, 0.15) is 5.60 Å². The highest BCUT2D eigenvalue weighted by molar-refractivity contribution is 6.01. The summed E-state index contributed by atoms with van der Waals surface area (Å²) in [5, 5.41) is 4.26. The van der Waals surface area contributed by atoms with Crippen molar-refractivity contribution in [3.63, 3.8) is 0 Å². The van der Waals surface area contributed by atoms with E-state index in [1.807, 2.05) is 30.3 Å². The molecular formula is C19H24F2N2O2. The number of amides is 1. The lowest BCUT2D eigenvalue weighted by molar-refractivity contribution is -0.137. The van der Waals surface area contributed by atoms with Crippen LogP contribution >= 0.6 is 0 Å². The van der Waals surface area contributed by atoms with Crippen LogP contribution in [0.1, 0.15) is 51.0 Å². The van der Waals surface area contributed by atoms with Crippen LogP contribution in [0.25, 0.3) is 0 Å². The monoisotopic (exact) mass is 350 g/mol. The van der Waals surface area contributed by atoms with Crippen LogP contribution in [0.15, 0.2) is 35.5 Å². The molecule has 0 atom stereocenters. The number of carbonyl (C=O) groups is 1. The molecule has 0 saturated carbocycles. The van der Waals surface area contributed by atoms with Crippen LogP contribution in [0.5, 0.6) is 0 Å². The van der Waals surface area contributed by atoms with Crippen molar-refractivity contribution in [3.05, 3.63) is 35.9 Å². The Bertz CT molecular complexity index is 633. The molecular weight excluding hydrogens is 326 g/mol. The maximum atomic E-state index is 12.8. The number of oxime groups is 1. The van der Waals surface area contributed by atoms with Crippen LogP contribution in [-0.2, 0) is 9.63 Å². The third-order valence-electron chi connectivity index (χ3n) is 4.98. The molecule has 2 heterocycles. The van der Waals surface area contributed by atoms with E-state index in [0.717, 1.165) is 37.5 Å². The van der Waals surface area contributed by atoms with E-state index < -0.39 is 5.92 Å². The number of hydrogen-bond acceptors (Lipinski definition) is 3. The van der Waals surface area contributed by atoms with Gasteiger partial charge in [-0.1, -0.05) is 35.5 Å². The zero-order valence-electron chi connectivity index (χ0n) is 14.5. The number of likely N-dealkylation sites (tertiary alicyclic amines) is 1. The number of benzene rings is 1. The second-order valence-electron chi connectivity index (χ2n) is 7.16. The van der Waals surface area contributed by atoms with Crippen molar-refractivity contribution in [2.45, 2.75) is 57.0 Å². The van der Waals surface area contributed by atoms with E-state index in [1.54, 1.807) is 4.90 Å². The van der Waals surface area contributed by atoms with Crippen molar-refractivity contribution < 1.29 is 18.4 Å². The van der Waals surface area contributed by atoms with Crippen LogP contribution in [0.2, 0.25) is 0 Å². The molecule has 6 heteroatoms. The third-order valence-corrected chi connectivity index (χ3v) is 4.98. The second-order valence-corrected chi connectivity index (χ2v) is 7.16. The summed E-state index contributed by atoms with van der Waals surface area (Å²) in [5.41, 5.74) is 1.70. The summed E-state index contributed by atoms with van der Waals surface area (Å²) in [6, 6.07) is 9.95. The van der Waals surface area contributed by atoms with Gasteiger partial charge >= 0.3 is 0 Å². The molecule has 1 aromatic carbocycles. The van der Waals surface area contributed by atoms with Gasteiger partial charge in [0.05, 0.1) is 5.71 Å². The highest BCUT2D eigenvalue weighted by atomic mass is 19.3. The first-order valence-corrected chi connectivity index (χ1v) is 8.83. The number of halogens is 2. The summed E-state index contributed by atoms with van der Waals surface area (Å²) in [7, 11) is 0. The number of carbonyl (C=O) groups excluding carboxylic acids is 1. The molecule has 2 aliphatic rings. The van der Waals surface area contributed by atoms with Crippen LogP contribution in [0.4, 0.5) is 8.78 Å². The lowest BCUT2D eigenvalue weighted by atomic mass is 9.85. The first-order valence-electron chi connectivity index (χ1n) is 8.83. The van der Waals surface area contributed by atoms with Gasteiger partial charge in [-0.2, -0.15) is 0 Å². The molecule has 0 N–H and O–H groups in total. The minimum absolute atomic E-state index is 0.0405. The molecule has 3 rings (SSSR count). The first kappa shape index (κ1) is 17.8. The van der Waals surface area contributed by atoms with Crippen LogP contribution < -0.4 is 0 Å². The van der Waals surface area contributed by atoms with Gasteiger partial charge in [-0.25, -0.2) is 8.78 Å². The van der Waals surface area contributed by atoms with Gasteiger partial charge in [0.2, 0.25) is 11.8 Å². The maximum Gasteiger partial charge on any atom is 0.245 e. The molecule has 136 valence electrons. The third kappa shape index (κ3) is 4.55. The zero-order valence-corrected chi connectivity index (χ0v) is 14.5. The van der Waals surface area contributed by atoms with E-state index in [-0.39, 0.29) is 30.8 Å². The van der Waals surface area contributed by atoms with Gasteiger partial charge in [-0.3, -0.25) is 4.79 Å².